The summed E-state index contributed by atoms with van der Waals surface area (Å²) >= 11 is 0. The second-order valence-corrected chi connectivity index (χ2v) is 8.31. The van der Waals surface area contributed by atoms with Crippen LogP contribution in [0.3, 0.4) is 0 Å². The summed E-state index contributed by atoms with van der Waals surface area (Å²) in [6, 6.07) is 3.44. The van der Waals surface area contributed by atoms with Crippen molar-refractivity contribution in [3.8, 4) is 0 Å². The Bertz CT molecular complexity index is 850. The second-order valence-electron chi connectivity index (χ2n) is 8.31. The highest BCUT2D eigenvalue weighted by atomic mass is 16.5. The normalized spacial score (nSPS) is 27.1. The molecule has 0 bridgehead atoms. The van der Waals surface area contributed by atoms with Crippen molar-refractivity contribution >= 4 is 5.91 Å². The summed E-state index contributed by atoms with van der Waals surface area (Å²) in [6.45, 7) is 6.17. The Morgan fingerprint density at radius 1 is 1.41 bits per heavy atom. The van der Waals surface area contributed by atoms with E-state index in [-0.39, 0.29) is 18.1 Å². The van der Waals surface area contributed by atoms with Gasteiger partial charge in [-0.3, -0.25) is 14.7 Å². The number of aromatic nitrogens is 3. The summed E-state index contributed by atoms with van der Waals surface area (Å²) in [5, 5.41) is 17.5. The lowest BCUT2D eigenvalue weighted by molar-refractivity contribution is -0.178. The van der Waals surface area contributed by atoms with Gasteiger partial charge in [-0.05, 0) is 38.8 Å². The maximum absolute atomic E-state index is 12.7. The first kappa shape index (κ1) is 19.9. The Balaban J connectivity index is 1.40. The van der Waals surface area contributed by atoms with Crippen LogP contribution in [0.25, 0.3) is 0 Å². The zero-order valence-corrected chi connectivity index (χ0v) is 16.8. The van der Waals surface area contributed by atoms with Crippen molar-refractivity contribution in [1.29, 1.82) is 0 Å². The summed E-state index contributed by atoms with van der Waals surface area (Å²) in [5.74, 6) is 1.02. The number of nitrogens with zero attached hydrogens (tertiary/aromatic N) is 4. The fraction of sp³-hybridized carbons (Fsp3) is 0.600. The van der Waals surface area contributed by atoms with Gasteiger partial charge < -0.3 is 19.7 Å². The maximum atomic E-state index is 12.7. The van der Waals surface area contributed by atoms with Gasteiger partial charge in [0.05, 0.1) is 29.9 Å². The van der Waals surface area contributed by atoms with Gasteiger partial charge in [0.2, 0.25) is 5.89 Å². The number of hydrogen-bond donors (Lipinski definition) is 2. The van der Waals surface area contributed by atoms with E-state index in [1.807, 2.05) is 6.92 Å². The number of aliphatic hydroxyl groups is 1. The predicted molar refractivity (Wildman–Crippen MR) is 103 cm³/mol. The third-order valence-corrected chi connectivity index (χ3v) is 5.99. The van der Waals surface area contributed by atoms with Crippen molar-refractivity contribution in [1.82, 2.24) is 25.3 Å². The second kappa shape index (κ2) is 7.81. The highest BCUT2D eigenvalue weighted by Crippen LogP contribution is 2.40. The number of piperidine rings is 1. The minimum Gasteiger partial charge on any atom is -0.388 e. The first-order valence-electron chi connectivity index (χ1n) is 9.94. The number of ether oxygens (including phenoxy) is 1. The molecule has 2 atom stereocenters. The lowest BCUT2D eigenvalue weighted by Gasteiger charge is -2.51. The van der Waals surface area contributed by atoms with E-state index < -0.39 is 11.6 Å². The smallest absolute Gasteiger partial charge is 0.253 e. The SMILES string of the molecule is Cc1noc(CN2CCC3(CC2)C[C@](C)(NC(=O)c2cccnc2)[C@@H](O)CO3)n1. The lowest BCUT2D eigenvalue weighted by atomic mass is 9.74. The third-order valence-electron chi connectivity index (χ3n) is 5.99. The monoisotopic (exact) mass is 401 g/mol. The Morgan fingerprint density at radius 2 is 2.21 bits per heavy atom. The number of aryl methyl sites for hydroxylation is 1. The molecule has 4 rings (SSSR count). The molecule has 29 heavy (non-hydrogen) atoms. The fourth-order valence-electron chi connectivity index (χ4n) is 4.27. The molecule has 2 N–H and O–H groups in total. The summed E-state index contributed by atoms with van der Waals surface area (Å²) < 4.78 is 11.3. The van der Waals surface area contributed by atoms with Gasteiger partial charge in [-0.25, -0.2) is 0 Å². The van der Waals surface area contributed by atoms with Gasteiger partial charge in [0.15, 0.2) is 5.82 Å². The summed E-state index contributed by atoms with van der Waals surface area (Å²) in [6.07, 6.45) is 4.56. The minimum absolute atomic E-state index is 0.201. The number of aliphatic hydroxyl groups excluding tert-OH is 1. The van der Waals surface area contributed by atoms with Crippen molar-refractivity contribution in [3.05, 3.63) is 41.8 Å². The lowest BCUT2D eigenvalue weighted by Crippen LogP contribution is -2.65. The van der Waals surface area contributed by atoms with Crippen LogP contribution in [0, 0.1) is 6.92 Å². The van der Waals surface area contributed by atoms with Gasteiger partial charge in [0, 0.05) is 31.9 Å². The minimum atomic E-state index is -0.770. The van der Waals surface area contributed by atoms with Crippen LogP contribution in [0.4, 0.5) is 0 Å². The van der Waals surface area contributed by atoms with E-state index >= 15 is 0 Å². The van der Waals surface area contributed by atoms with Crippen molar-refractivity contribution < 1.29 is 19.2 Å². The highest BCUT2D eigenvalue weighted by Gasteiger charge is 2.50. The van der Waals surface area contributed by atoms with E-state index in [2.05, 4.69) is 25.3 Å². The molecular formula is C20H27N5O4. The van der Waals surface area contributed by atoms with Crippen molar-refractivity contribution in [2.45, 2.75) is 56.9 Å². The van der Waals surface area contributed by atoms with E-state index in [9.17, 15) is 9.90 Å². The molecule has 2 aromatic rings. The molecule has 0 saturated carbocycles. The molecule has 2 aliphatic heterocycles. The fourth-order valence-corrected chi connectivity index (χ4v) is 4.27. The van der Waals surface area contributed by atoms with E-state index in [4.69, 9.17) is 9.26 Å². The number of hydrogen-bond acceptors (Lipinski definition) is 8. The number of carbonyl (C=O) groups is 1. The molecule has 0 unspecified atom stereocenters. The molecule has 1 amide bonds. The zero-order chi connectivity index (χ0) is 20.5. The van der Waals surface area contributed by atoms with Crippen molar-refractivity contribution in [3.63, 3.8) is 0 Å². The Morgan fingerprint density at radius 3 is 2.86 bits per heavy atom. The third kappa shape index (κ3) is 4.31. The van der Waals surface area contributed by atoms with Gasteiger partial charge in [-0.1, -0.05) is 5.16 Å². The van der Waals surface area contributed by atoms with Crippen LogP contribution in [-0.4, -0.2) is 68.0 Å². The van der Waals surface area contributed by atoms with Crippen LogP contribution in [0.5, 0.6) is 0 Å². The maximum Gasteiger partial charge on any atom is 0.253 e. The van der Waals surface area contributed by atoms with Crippen molar-refractivity contribution in [2.24, 2.45) is 0 Å². The Kier molecular flexibility index (Phi) is 5.37. The average Bonchev–Trinajstić information content (AvgIpc) is 3.12. The summed E-state index contributed by atoms with van der Waals surface area (Å²) in [5.41, 5.74) is -0.653. The number of rotatable bonds is 4. The van der Waals surface area contributed by atoms with E-state index in [1.54, 1.807) is 25.3 Å². The largest absolute Gasteiger partial charge is 0.388 e. The van der Waals surface area contributed by atoms with Crippen molar-refractivity contribution in [2.75, 3.05) is 19.7 Å². The Labute approximate surface area is 169 Å². The van der Waals surface area contributed by atoms with E-state index in [0.29, 0.717) is 30.2 Å². The van der Waals surface area contributed by atoms with Crippen LogP contribution < -0.4 is 5.32 Å². The molecule has 9 nitrogen and oxygen atoms in total. The van der Waals surface area contributed by atoms with Crippen LogP contribution in [0.2, 0.25) is 0 Å². The summed E-state index contributed by atoms with van der Waals surface area (Å²) in [4.78, 5) is 23.2. The molecule has 9 heteroatoms. The van der Waals surface area contributed by atoms with Crippen LogP contribution in [-0.2, 0) is 11.3 Å². The number of likely N-dealkylation sites (tertiary alicyclic amines) is 1. The molecule has 0 radical (unpaired) electrons. The quantitative estimate of drug-likeness (QED) is 0.782. The zero-order valence-electron chi connectivity index (χ0n) is 16.8. The topological polar surface area (TPSA) is 114 Å². The van der Waals surface area contributed by atoms with Gasteiger partial charge in [0.1, 0.15) is 6.10 Å². The number of nitrogens with one attached hydrogen (secondary N) is 1. The predicted octanol–water partition coefficient (Wildman–Crippen LogP) is 1.08. The molecule has 2 aliphatic rings. The van der Waals surface area contributed by atoms with Crippen LogP contribution in [0.1, 0.15) is 48.3 Å². The number of carbonyl (C=O) groups excluding carboxylic acids is 1. The highest BCUT2D eigenvalue weighted by molar-refractivity contribution is 5.94. The number of pyridine rings is 1. The van der Waals surface area contributed by atoms with Gasteiger partial charge in [0.25, 0.3) is 5.91 Å². The summed E-state index contributed by atoms with van der Waals surface area (Å²) in [7, 11) is 0. The van der Waals surface area contributed by atoms with Gasteiger partial charge >= 0.3 is 0 Å². The van der Waals surface area contributed by atoms with E-state index in [1.165, 1.54) is 6.20 Å². The molecule has 156 valence electrons. The molecular weight excluding hydrogens is 374 g/mol. The average molecular weight is 401 g/mol. The van der Waals surface area contributed by atoms with Crippen LogP contribution in [0.15, 0.2) is 29.0 Å². The molecule has 0 aliphatic carbocycles. The first-order valence-corrected chi connectivity index (χ1v) is 9.94. The van der Waals surface area contributed by atoms with Crippen LogP contribution >= 0.6 is 0 Å². The first-order chi connectivity index (χ1) is 13.9. The van der Waals surface area contributed by atoms with Gasteiger partial charge in [-0.2, -0.15) is 4.98 Å². The molecule has 0 aromatic carbocycles. The molecule has 2 fully saturated rings. The number of amides is 1. The molecule has 4 heterocycles. The van der Waals surface area contributed by atoms with E-state index in [0.717, 1.165) is 25.9 Å². The molecule has 2 saturated heterocycles. The van der Waals surface area contributed by atoms with Gasteiger partial charge in [-0.15, -0.1) is 0 Å². The molecule has 1 spiro atoms. The molecule has 2 aromatic heterocycles. The standard InChI is InChI=1S/C20H27N5O4/c1-14-22-17(29-24-14)11-25-8-5-20(6-9-25)13-19(2,16(26)12-28-20)23-18(27)15-4-3-7-21-10-15/h3-4,7,10,16,26H,5-6,8-9,11-13H2,1-2H3,(H,23,27)/t16-,19-/m0/s1. The Hall–Kier alpha value is -2.36.